The summed E-state index contributed by atoms with van der Waals surface area (Å²) in [6.07, 6.45) is -0.198. The van der Waals surface area contributed by atoms with Crippen LogP contribution in [0.5, 0.6) is 0 Å². The molecule has 17 heavy (non-hydrogen) atoms. The predicted octanol–water partition coefficient (Wildman–Crippen LogP) is 1.96. The maximum Gasteiger partial charge on any atom is 0.237 e. The molecule has 1 atom stereocenters. The van der Waals surface area contributed by atoms with Gasteiger partial charge in [0.2, 0.25) is 5.91 Å². The fraction of sp³-hybridized carbons (Fsp3) is 0.417. The zero-order chi connectivity index (χ0) is 12.3. The van der Waals surface area contributed by atoms with Crippen LogP contribution < -0.4 is 0 Å². The largest absolute Gasteiger partial charge is 0.370 e. The fourth-order valence-corrected chi connectivity index (χ4v) is 2.01. The fourth-order valence-electron chi connectivity index (χ4n) is 1.84. The minimum absolute atomic E-state index is 0.0177. The van der Waals surface area contributed by atoms with Crippen LogP contribution in [0.3, 0.4) is 0 Å². The molecule has 0 spiro atoms. The van der Waals surface area contributed by atoms with Gasteiger partial charge in [0.1, 0.15) is 17.8 Å². The summed E-state index contributed by atoms with van der Waals surface area (Å²) in [6, 6.07) is 6.13. The van der Waals surface area contributed by atoms with E-state index in [9.17, 15) is 9.18 Å². The highest BCUT2D eigenvalue weighted by molar-refractivity contribution is 6.27. The predicted molar refractivity (Wildman–Crippen MR) is 62.4 cm³/mol. The van der Waals surface area contributed by atoms with E-state index >= 15 is 0 Å². The molecule has 0 aromatic heterocycles. The van der Waals surface area contributed by atoms with Gasteiger partial charge in [0.25, 0.3) is 0 Å². The molecule has 1 aliphatic rings. The Morgan fingerprint density at radius 3 is 2.82 bits per heavy atom. The van der Waals surface area contributed by atoms with Gasteiger partial charge in [-0.15, -0.1) is 11.6 Å². The molecule has 1 unspecified atom stereocenters. The summed E-state index contributed by atoms with van der Waals surface area (Å²) in [6.45, 7) is 1.51. The number of rotatable bonds is 2. The smallest absolute Gasteiger partial charge is 0.237 e. The first-order valence-corrected chi connectivity index (χ1v) is 5.95. The van der Waals surface area contributed by atoms with Crippen molar-refractivity contribution in [2.75, 3.05) is 25.6 Å². The number of benzene rings is 1. The molecular formula is C12H13ClFNO2. The summed E-state index contributed by atoms with van der Waals surface area (Å²) in [5.41, 5.74) is 0.874. The monoisotopic (exact) mass is 257 g/mol. The van der Waals surface area contributed by atoms with Gasteiger partial charge in [-0.3, -0.25) is 4.79 Å². The first-order chi connectivity index (χ1) is 8.20. The van der Waals surface area contributed by atoms with Gasteiger partial charge in [0, 0.05) is 6.54 Å². The van der Waals surface area contributed by atoms with Crippen molar-refractivity contribution in [1.29, 1.82) is 0 Å². The van der Waals surface area contributed by atoms with Crippen LogP contribution in [0.1, 0.15) is 11.7 Å². The van der Waals surface area contributed by atoms with Gasteiger partial charge in [-0.05, 0) is 17.7 Å². The SMILES string of the molecule is O=C(CCl)N1CCOC(c2ccc(F)cc2)C1. The number of amides is 1. The molecule has 0 radical (unpaired) electrons. The van der Waals surface area contributed by atoms with E-state index in [4.69, 9.17) is 16.3 Å². The molecule has 5 heteroatoms. The molecule has 92 valence electrons. The molecule has 2 rings (SSSR count). The number of halogens is 2. The summed E-state index contributed by atoms with van der Waals surface area (Å²) >= 11 is 5.52. The van der Waals surface area contributed by atoms with E-state index in [1.165, 1.54) is 12.1 Å². The van der Waals surface area contributed by atoms with E-state index in [2.05, 4.69) is 0 Å². The molecule has 0 bridgehead atoms. The second-order valence-electron chi connectivity index (χ2n) is 3.88. The Morgan fingerprint density at radius 2 is 2.18 bits per heavy atom. The zero-order valence-corrected chi connectivity index (χ0v) is 9.99. The number of morpholine rings is 1. The van der Waals surface area contributed by atoms with Crippen LogP contribution >= 0.6 is 11.6 Å². The van der Waals surface area contributed by atoms with Gasteiger partial charge in [-0.25, -0.2) is 4.39 Å². The molecule has 0 aliphatic carbocycles. The number of ether oxygens (including phenoxy) is 1. The van der Waals surface area contributed by atoms with Crippen LogP contribution in [0.25, 0.3) is 0 Å². The summed E-state index contributed by atoms with van der Waals surface area (Å²) in [7, 11) is 0. The average Bonchev–Trinajstić information content (AvgIpc) is 2.39. The van der Waals surface area contributed by atoms with E-state index in [0.717, 1.165) is 5.56 Å². The molecule has 1 aromatic rings. The maximum absolute atomic E-state index is 12.8. The third kappa shape index (κ3) is 2.96. The van der Waals surface area contributed by atoms with Crippen molar-refractivity contribution in [3.8, 4) is 0 Å². The lowest BCUT2D eigenvalue weighted by molar-refractivity contribution is -0.136. The van der Waals surface area contributed by atoms with Gasteiger partial charge in [-0.1, -0.05) is 12.1 Å². The number of carbonyl (C=O) groups is 1. The molecular weight excluding hydrogens is 245 g/mol. The van der Waals surface area contributed by atoms with E-state index in [1.54, 1.807) is 17.0 Å². The Morgan fingerprint density at radius 1 is 1.47 bits per heavy atom. The Balaban J connectivity index is 2.06. The molecule has 1 fully saturated rings. The Hall–Kier alpha value is -1.13. The lowest BCUT2D eigenvalue weighted by Crippen LogP contribution is -2.42. The van der Waals surface area contributed by atoms with Crippen molar-refractivity contribution in [3.05, 3.63) is 35.6 Å². The van der Waals surface area contributed by atoms with Gasteiger partial charge < -0.3 is 9.64 Å². The van der Waals surface area contributed by atoms with E-state index in [1.807, 2.05) is 0 Å². The zero-order valence-electron chi connectivity index (χ0n) is 9.23. The van der Waals surface area contributed by atoms with Crippen LogP contribution in [-0.2, 0) is 9.53 Å². The summed E-state index contributed by atoms with van der Waals surface area (Å²) in [5, 5.41) is 0. The number of carbonyl (C=O) groups excluding carboxylic acids is 1. The Labute approximate surface area is 104 Å². The third-order valence-electron chi connectivity index (χ3n) is 2.78. The Bertz CT molecular complexity index is 396. The molecule has 1 heterocycles. The van der Waals surface area contributed by atoms with Gasteiger partial charge in [0.05, 0.1) is 13.2 Å². The van der Waals surface area contributed by atoms with Crippen molar-refractivity contribution in [1.82, 2.24) is 4.90 Å². The van der Waals surface area contributed by atoms with E-state index in [0.29, 0.717) is 19.7 Å². The third-order valence-corrected chi connectivity index (χ3v) is 3.00. The molecule has 0 N–H and O–H groups in total. The number of nitrogens with zero attached hydrogens (tertiary/aromatic N) is 1. The summed E-state index contributed by atoms with van der Waals surface area (Å²) < 4.78 is 18.4. The molecule has 3 nitrogen and oxygen atoms in total. The van der Waals surface area contributed by atoms with Crippen molar-refractivity contribution in [3.63, 3.8) is 0 Å². The van der Waals surface area contributed by atoms with E-state index < -0.39 is 0 Å². The minimum Gasteiger partial charge on any atom is -0.370 e. The molecule has 1 aromatic carbocycles. The number of alkyl halides is 1. The minimum atomic E-state index is -0.279. The molecule has 1 amide bonds. The molecule has 0 saturated carbocycles. The second kappa shape index (κ2) is 5.47. The van der Waals surface area contributed by atoms with Crippen molar-refractivity contribution in [2.24, 2.45) is 0 Å². The quantitative estimate of drug-likeness (QED) is 0.758. The van der Waals surface area contributed by atoms with Crippen LogP contribution in [0.2, 0.25) is 0 Å². The lowest BCUT2D eigenvalue weighted by Gasteiger charge is -2.32. The summed E-state index contributed by atoms with van der Waals surface area (Å²) in [5.74, 6) is -0.392. The van der Waals surface area contributed by atoms with Gasteiger partial charge in [0.15, 0.2) is 0 Å². The number of hydrogen-bond donors (Lipinski definition) is 0. The van der Waals surface area contributed by atoms with Gasteiger partial charge in [-0.2, -0.15) is 0 Å². The Kier molecular flexibility index (Phi) is 3.97. The van der Waals surface area contributed by atoms with Crippen molar-refractivity contribution in [2.45, 2.75) is 6.10 Å². The normalized spacial score (nSPS) is 20.4. The summed E-state index contributed by atoms with van der Waals surface area (Å²) in [4.78, 5) is 13.1. The van der Waals surface area contributed by atoms with E-state index in [-0.39, 0.29) is 23.7 Å². The van der Waals surface area contributed by atoms with Crippen LogP contribution in [0, 0.1) is 5.82 Å². The molecule has 1 saturated heterocycles. The van der Waals surface area contributed by atoms with Crippen molar-refractivity contribution >= 4 is 17.5 Å². The number of hydrogen-bond acceptors (Lipinski definition) is 2. The highest BCUT2D eigenvalue weighted by Crippen LogP contribution is 2.22. The maximum atomic E-state index is 12.8. The van der Waals surface area contributed by atoms with Crippen LogP contribution in [0.4, 0.5) is 4.39 Å². The van der Waals surface area contributed by atoms with Gasteiger partial charge >= 0.3 is 0 Å². The first kappa shape index (κ1) is 12.3. The van der Waals surface area contributed by atoms with Crippen LogP contribution in [-0.4, -0.2) is 36.4 Å². The highest BCUT2D eigenvalue weighted by atomic mass is 35.5. The average molecular weight is 258 g/mol. The van der Waals surface area contributed by atoms with Crippen LogP contribution in [0.15, 0.2) is 24.3 Å². The highest BCUT2D eigenvalue weighted by Gasteiger charge is 2.24. The van der Waals surface area contributed by atoms with Crippen molar-refractivity contribution < 1.29 is 13.9 Å². The second-order valence-corrected chi connectivity index (χ2v) is 4.15. The lowest BCUT2D eigenvalue weighted by atomic mass is 10.1. The molecule has 1 aliphatic heterocycles. The standard InChI is InChI=1S/C12H13ClFNO2/c13-7-12(16)15-5-6-17-11(8-15)9-1-3-10(14)4-2-9/h1-4,11H,5-8H2. The topological polar surface area (TPSA) is 29.5 Å². The first-order valence-electron chi connectivity index (χ1n) is 5.41.